The summed E-state index contributed by atoms with van der Waals surface area (Å²) in [7, 11) is 1.50. The molecule has 0 saturated heterocycles. The van der Waals surface area contributed by atoms with Gasteiger partial charge in [0.15, 0.2) is 11.5 Å². The lowest BCUT2D eigenvalue weighted by molar-refractivity contribution is -0.145. The molecular weight excluding hydrogens is 554 g/mol. The number of ether oxygens (including phenoxy) is 3. The van der Waals surface area contributed by atoms with E-state index in [1.807, 2.05) is 0 Å². The van der Waals surface area contributed by atoms with Gasteiger partial charge in [0.2, 0.25) is 5.91 Å². The second-order valence-electron chi connectivity index (χ2n) is 10.6. The third-order valence-electron chi connectivity index (χ3n) is 5.61. The normalized spacial score (nSPS) is 11.5. The predicted octanol–water partition coefficient (Wildman–Crippen LogP) is 4.46. The maximum atomic E-state index is 12.7. The number of anilines is 2. The van der Waals surface area contributed by atoms with Gasteiger partial charge in [0.25, 0.3) is 0 Å². The molecule has 1 aromatic heterocycles. The van der Waals surface area contributed by atoms with Gasteiger partial charge in [-0.15, -0.1) is 0 Å². The first-order chi connectivity index (χ1) is 19.2. The van der Waals surface area contributed by atoms with Gasteiger partial charge in [0.1, 0.15) is 29.9 Å². The lowest BCUT2D eigenvalue weighted by Crippen LogP contribution is -2.50. The molecule has 0 aliphatic carbocycles. The van der Waals surface area contributed by atoms with Crippen LogP contribution in [0.15, 0.2) is 36.7 Å². The number of carbonyl (C=O) groups is 3. The summed E-state index contributed by atoms with van der Waals surface area (Å²) in [6, 6.07) is 8.35. The van der Waals surface area contributed by atoms with Crippen molar-refractivity contribution < 1.29 is 33.7 Å². The first-order valence-electron chi connectivity index (χ1n) is 12.7. The molecule has 2 aromatic carbocycles. The SMILES string of the molecule is COc1cc2ncnc(Nc3cc(Cl)ccc3CC(=O)NC(C)(C)C(=O)O)c2cc1OCCNC(=O)OC(C)(C)C. The van der Waals surface area contributed by atoms with Crippen molar-refractivity contribution in [2.45, 2.75) is 52.2 Å². The summed E-state index contributed by atoms with van der Waals surface area (Å²) >= 11 is 6.25. The number of aromatic nitrogens is 2. The Kier molecular flexibility index (Phi) is 9.82. The van der Waals surface area contributed by atoms with Crippen LogP contribution in [-0.4, -0.2) is 64.4 Å². The Morgan fingerprint density at radius 3 is 2.41 bits per heavy atom. The summed E-state index contributed by atoms with van der Waals surface area (Å²) < 4.78 is 16.6. The Bertz CT molecular complexity index is 1440. The molecule has 0 aliphatic rings. The number of carboxylic acids is 1. The molecule has 0 fully saturated rings. The fraction of sp³-hybridized carbons (Fsp3) is 0.393. The number of hydrogen-bond acceptors (Lipinski definition) is 9. The standard InChI is InChI=1S/C28H34ClN5O7/c1-27(2,3)41-26(38)30-9-10-40-22-13-18-20(14-21(22)39-6)31-15-32-24(18)33-19-12-17(29)8-7-16(19)11-23(35)34-28(4,5)25(36)37/h7-8,12-15H,9-11H2,1-6H3,(H,30,38)(H,34,35)(H,36,37)(H,31,32,33). The molecule has 41 heavy (non-hydrogen) atoms. The number of nitrogens with one attached hydrogen (secondary N) is 3. The zero-order chi connectivity index (χ0) is 30.4. The van der Waals surface area contributed by atoms with Crippen molar-refractivity contribution in [3.05, 3.63) is 47.2 Å². The Balaban J connectivity index is 1.83. The van der Waals surface area contributed by atoms with Crippen LogP contribution < -0.4 is 25.4 Å². The van der Waals surface area contributed by atoms with E-state index >= 15 is 0 Å². The molecule has 3 rings (SSSR count). The summed E-state index contributed by atoms with van der Waals surface area (Å²) in [6.45, 7) is 8.47. The first kappa shape index (κ1) is 31.2. The number of aliphatic carboxylic acids is 1. The summed E-state index contributed by atoms with van der Waals surface area (Å²) in [5.41, 5.74) is -0.420. The maximum Gasteiger partial charge on any atom is 0.407 e. The quantitative estimate of drug-likeness (QED) is 0.236. The van der Waals surface area contributed by atoms with Gasteiger partial charge >= 0.3 is 12.1 Å². The number of rotatable bonds is 11. The van der Waals surface area contributed by atoms with Crippen molar-refractivity contribution in [3.8, 4) is 11.5 Å². The van der Waals surface area contributed by atoms with Gasteiger partial charge < -0.3 is 35.3 Å². The van der Waals surface area contributed by atoms with Crippen molar-refractivity contribution in [2.24, 2.45) is 0 Å². The van der Waals surface area contributed by atoms with Crippen LogP contribution in [0.1, 0.15) is 40.2 Å². The molecule has 12 nitrogen and oxygen atoms in total. The first-order valence-corrected chi connectivity index (χ1v) is 13.1. The van der Waals surface area contributed by atoms with Crippen LogP contribution in [0.25, 0.3) is 10.9 Å². The van der Waals surface area contributed by atoms with E-state index in [0.29, 0.717) is 44.5 Å². The second-order valence-corrected chi connectivity index (χ2v) is 11.0. The van der Waals surface area contributed by atoms with E-state index < -0.39 is 29.1 Å². The highest BCUT2D eigenvalue weighted by Crippen LogP contribution is 2.35. The summed E-state index contributed by atoms with van der Waals surface area (Å²) in [4.78, 5) is 44.7. The average molecular weight is 588 g/mol. The number of carbonyl (C=O) groups excluding carboxylic acids is 2. The fourth-order valence-electron chi connectivity index (χ4n) is 3.63. The van der Waals surface area contributed by atoms with Gasteiger partial charge in [0, 0.05) is 22.2 Å². The Morgan fingerprint density at radius 2 is 1.76 bits per heavy atom. The third kappa shape index (κ3) is 8.84. The third-order valence-corrected chi connectivity index (χ3v) is 5.85. The predicted molar refractivity (Wildman–Crippen MR) is 154 cm³/mol. The molecule has 220 valence electrons. The molecule has 0 spiro atoms. The van der Waals surface area contributed by atoms with Gasteiger partial charge in [-0.1, -0.05) is 17.7 Å². The van der Waals surface area contributed by atoms with E-state index in [9.17, 15) is 19.5 Å². The monoisotopic (exact) mass is 587 g/mol. The van der Waals surface area contributed by atoms with Crippen molar-refractivity contribution in [1.29, 1.82) is 0 Å². The minimum Gasteiger partial charge on any atom is -0.493 e. The largest absolute Gasteiger partial charge is 0.493 e. The zero-order valence-corrected chi connectivity index (χ0v) is 24.5. The minimum absolute atomic E-state index is 0.105. The number of alkyl carbamates (subject to hydrolysis) is 1. The molecule has 0 aliphatic heterocycles. The number of fused-ring (bicyclic) bond motifs is 1. The van der Waals surface area contributed by atoms with Crippen LogP contribution >= 0.6 is 11.6 Å². The van der Waals surface area contributed by atoms with Gasteiger partial charge in [-0.05, 0) is 58.4 Å². The second kappa shape index (κ2) is 12.9. The van der Waals surface area contributed by atoms with Crippen LogP contribution in [0, 0.1) is 0 Å². The Labute approximate surface area is 242 Å². The average Bonchev–Trinajstić information content (AvgIpc) is 2.86. The number of halogens is 1. The van der Waals surface area contributed by atoms with Crippen molar-refractivity contribution in [2.75, 3.05) is 25.6 Å². The van der Waals surface area contributed by atoms with Crippen molar-refractivity contribution in [3.63, 3.8) is 0 Å². The van der Waals surface area contributed by atoms with Crippen LogP contribution in [0.5, 0.6) is 11.5 Å². The molecule has 4 N–H and O–H groups in total. The summed E-state index contributed by atoms with van der Waals surface area (Å²) in [6.07, 6.45) is 0.720. The van der Waals surface area contributed by atoms with Crippen molar-refractivity contribution >= 4 is 52.0 Å². The Morgan fingerprint density at radius 1 is 1.02 bits per heavy atom. The van der Waals surface area contributed by atoms with Gasteiger partial charge in [-0.25, -0.2) is 19.6 Å². The molecule has 0 bridgehead atoms. The zero-order valence-electron chi connectivity index (χ0n) is 23.8. The number of amides is 2. The van der Waals surface area contributed by atoms with Crippen LogP contribution in [-0.2, 0) is 20.7 Å². The smallest absolute Gasteiger partial charge is 0.407 e. The van der Waals surface area contributed by atoms with E-state index in [4.69, 9.17) is 25.8 Å². The fourth-order valence-corrected chi connectivity index (χ4v) is 3.80. The van der Waals surface area contributed by atoms with E-state index in [0.717, 1.165) is 0 Å². The molecule has 2 amide bonds. The van der Waals surface area contributed by atoms with Crippen molar-refractivity contribution in [1.82, 2.24) is 20.6 Å². The van der Waals surface area contributed by atoms with E-state index in [1.54, 1.807) is 51.1 Å². The van der Waals surface area contributed by atoms with Gasteiger partial charge in [0.05, 0.1) is 25.6 Å². The molecule has 1 heterocycles. The van der Waals surface area contributed by atoms with E-state index in [-0.39, 0.29) is 19.6 Å². The highest BCUT2D eigenvalue weighted by Gasteiger charge is 2.29. The van der Waals surface area contributed by atoms with E-state index in [2.05, 4.69) is 25.9 Å². The Hall–Kier alpha value is -4.32. The molecule has 13 heteroatoms. The topological polar surface area (TPSA) is 161 Å². The van der Waals surface area contributed by atoms with Gasteiger partial charge in [-0.2, -0.15) is 0 Å². The molecule has 0 unspecified atom stereocenters. The molecule has 3 aromatic rings. The molecule has 0 radical (unpaired) electrons. The van der Waals surface area contributed by atoms with Crippen LogP contribution in [0.3, 0.4) is 0 Å². The number of benzene rings is 2. The minimum atomic E-state index is -1.43. The van der Waals surface area contributed by atoms with Crippen LogP contribution in [0.4, 0.5) is 16.3 Å². The van der Waals surface area contributed by atoms with Crippen LogP contribution in [0.2, 0.25) is 5.02 Å². The highest BCUT2D eigenvalue weighted by atomic mass is 35.5. The number of nitrogens with zero attached hydrogens (tertiary/aromatic N) is 2. The lowest BCUT2D eigenvalue weighted by atomic mass is 10.0. The number of methoxy groups -OCH3 is 1. The van der Waals surface area contributed by atoms with Gasteiger partial charge in [-0.3, -0.25) is 4.79 Å². The van der Waals surface area contributed by atoms with E-state index in [1.165, 1.54) is 27.3 Å². The highest BCUT2D eigenvalue weighted by molar-refractivity contribution is 6.31. The number of hydrogen-bond donors (Lipinski definition) is 4. The molecule has 0 saturated carbocycles. The summed E-state index contributed by atoms with van der Waals surface area (Å²) in [5, 5.41) is 18.7. The maximum absolute atomic E-state index is 12.7. The molecular formula is C28H34ClN5O7. The lowest BCUT2D eigenvalue weighted by Gasteiger charge is -2.21. The summed E-state index contributed by atoms with van der Waals surface area (Å²) in [5.74, 6) is -0.396. The number of carboxylic acid groups (broad SMARTS) is 1. The molecule has 0 atom stereocenters.